The average molecular weight is 592 g/mol. The van der Waals surface area contributed by atoms with Crippen molar-refractivity contribution in [3.05, 3.63) is 65.2 Å². The van der Waals surface area contributed by atoms with Crippen LogP contribution in [-0.2, 0) is 38.6 Å². The summed E-state index contributed by atoms with van der Waals surface area (Å²) in [7, 11) is 0. The number of para-hydroxylation sites is 1. The monoisotopic (exact) mass is 591 g/mol. The number of alkyl carbamates (subject to hydrolysis) is 1. The van der Waals surface area contributed by atoms with Gasteiger partial charge in [-0.05, 0) is 42.4 Å². The highest BCUT2D eigenvalue weighted by molar-refractivity contribution is 6.08. The summed E-state index contributed by atoms with van der Waals surface area (Å²) in [5, 5.41) is 12.0. The number of hydrazone groups is 1. The van der Waals surface area contributed by atoms with E-state index in [4.69, 9.17) is 10.5 Å². The molecule has 2 aliphatic rings. The molecule has 0 spiro atoms. The Kier molecular flexibility index (Phi) is 10.3. The number of primary amides is 1. The van der Waals surface area contributed by atoms with Gasteiger partial charge in [0.25, 0.3) is 0 Å². The number of amides is 6. The first kappa shape index (κ1) is 31.0. The Bertz CT molecular complexity index is 1380. The van der Waals surface area contributed by atoms with Gasteiger partial charge >= 0.3 is 12.1 Å². The van der Waals surface area contributed by atoms with Crippen molar-refractivity contribution in [2.45, 2.75) is 76.7 Å². The zero-order valence-electron chi connectivity index (χ0n) is 24.2. The molecular weight excluding hydrogens is 554 g/mol. The van der Waals surface area contributed by atoms with Crippen molar-refractivity contribution in [2.24, 2.45) is 10.8 Å². The summed E-state index contributed by atoms with van der Waals surface area (Å²) in [6.07, 6.45) is 2.52. The van der Waals surface area contributed by atoms with Crippen LogP contribution in [-0.4, -0.2) is 60.2 Å². The van der Waals surface area contributed by atoms with Crippen molar-refractivity contribution < 1.29 is 28.7 Å². The summed E-state index contributed by atoms with van der Waals surface area (Å²) >= 11 is 0. The quantitative estimate of drug-likeness (QED) is 0.195. The summed E-state index contributed by atoms with van der Waals surface area (Å²) in [5.74, 6) is -1.32. The molecule has 2 aliphatic heterocycles. The van der Waals surface area contributed by atoms with Gasteiger partial charge in [0, 0.05) is 12.6 Å². The van der Waals surface area contributed by atoms with Crippen LogP contribution in [0.25, 0.3) is 0 Å². The highest BCUT2D eigenvalue weighted by Gasteiger charge is 2.44. The van der Waals surface area contributed by atoms with Gasteiger partial charge in [-0.25, -0.2) is 15.0 Å². The number of carbonyl (C=O) groups excluding carboxylic acids is 5. The van der Waals surface area contributed by atoms with Crippen LogP contribution in [0.1, 0.15) is 49.8 Å². The third-order valence-corrected chi connectivity index (χ3v) is 7.45. The zero-order valence-corrected chi connectivity index (χ0v) is 24.2. The van der Waals surface area contributed by atoms with E-state index in [0.29, 0.717) is 31.4 Å². The Morgan fingerprint density at radius 1 is 1.05 bits per heavy atom. The first-order chi connectivity index (χ1) is 20.7. The number of hydrogen-bond acceptors (Lipinski definition) is 7. The molecular formula is C30H37N7O6. The molecule has 13 nitrogen and oxygen atoms in total. The van der Waals surface area contributed by atoms with Crippen molar-refractivity contribution in [2.75, 3.05) is 4.90 Å². The lowest BCUT2D eigenvalue weighted by Crippen LogP contribution is -2.57. The summed E-state index contributed by atoms with van der Waals surface area (Å²) < 4.78 is 5.26. The highest BCUT2D eigenvalue weighted by atomic mass is 16.5. The van der Waals surface area contributed by atoms with Gasteiger partial charge in [0.2, 0.25) is 17.7 Å². The Labute approximate surface area is 249 Å². The molecule has 0 aromatic heterocycles. The first-order valence-corrected chi connectivity index (χ1v) is 14.3. The van der Waals surface area contributed by atoms with Crippen molar-refractivity contribution in [3.8, 4) is 0 Å². The standard InChI is InChI=1S/C30H37N7O6/c1-3-21(16-32-36-29(31)41)33-27(39)24-15-20-12-8-11-19-13-14-23(28(40)37(24)25(19)20)34-26(38)22(4-2)35-30(42)43-17-18-9-6-5-7-10-18/h5-12,16,21-24H,3-4,13-15,17H2,1-2H3,(H,33,39)(H,34,38)(H,35,42)(H3,31,36,41)/b32-16+/t21-,22-,23-,24-/m0/s1. The molecule has 2 aromatic rings. The van der Waals surface area contributed by atoms with Crippen LogP contribution >= 0.6 is 0 Å². The van der Waals surface area contributed by atoms with Crippen LogP contribution < -0.4 is 32.0 Å². The lowest BCUT2D eigenvalue weighted by molar-refractivity contribution is -0.130. The van der Waals surface area contributed by atoms with Gasteiger partial charge in [0.15, 0.2) is 0 Å². The van der Waals surface area contributed by atoms with Gasteiger partial charge < -0.3 is 26.4 Å². The second kappa shape index (κ2) is 14.3. The zero-order chi connectivity index (χ0) is 30.9. The van der Waals surface area contributed by atoms with E-state index in [0.717, 1.165) is 16.7 Å². The molecule has 0 aliphatic carbocycles. The lowest BCUT2D eigenvalue weighted by Gasteiger charge is -2.29. The third kappa shape index (κ3) is 7.67. The van der Waals surface area contributed by atoms with Crippen LogP contribution in [0.3, 0.4) is 0 Å². The van der Waals surface area contributed by atoms with Crippen LogP contribution in [0.15, 0.2) is 53.6 Å². The summed E-state index contributed by atoms with van der Waals surface area (Å²) in [6.45, 7) is 3.63. The fourth-order valence-corrected chi connectivity index (χ4v) is 5.22. The smallest absolute Gasteiger partial charge is 0.408 e. The number of benzene rings is 2. The van der Waals surface area contributed by atoms with Gasteiger partial charge in [-0.2, -0.15) is 5.10 Å². The molecule has 43 heavy (non-hydrogen) atoms. The second-order valence-corrected chi connectivity index (χ2v) is 10.4. The van der Waals surface area contributed by atoms with Crippen LogP contribution in [0.2, 0.25) is 0 Å². The highest BCUT2D eigenvalue weighted by Crippen LogP contribution is 2.39. The molecule has 228 valence electrons. The normalized spacial score (nSPS) is 18.7. The molecule has 4 atom stereocenters. The topological polar surface area (TPSA) is 184 Å². The Morgan fingerprint density at radius 2 is 1.79 bits per heavy atom. The minimum atomic E-state index is -0.923. The van der Waals surface area contributed by atoms with E-state index in [1.54, 1.807) is 6.92 Å². The molecule has 13 heteroatoms. The predicted molar refractivity (Wildman–Crippen MR) is 159 cm³/mol. The molecule has 4 rings (SSSR count). The van der Waals surface area contributed by atoms with E-state index in [1.165, 1.54) is 11.1 Å². The number of aryl methyl sites for hydroxylation is 1. The van der Waals surface area contributed by atoms with E-state index in [1.807, 2.05) is 55.5 Å². The van der Waals surface area contributed by atoms with Crippen LogP contribution in [0.5, 0.6) is 0 Å². The molecule has 6 N–H and O–H groups in total. The number of ether oxygens (including phenoxy) is 1. The number of rotatable bonds is 11. The van der Waals surface area contributed by atoms with Crippen molar-refractivity contribution in [1.29, 1.82) is 0 Å². The molecule has 0 saturated carbocycles. The number of hydrogen-bond donors (Lipinski definition) is 5. The minimum Gasteiger partial charge on any atom is -0.445 e. The van der Waals surface area contributed by atoms with Crippen molar-refractivity contribution in [3.63, 3.8) is 0 Å². The van der Waals surface area contributed by atoms with Gasteiger partial charge in [0.1, 0.15) is 24.7 Å². The van der Waals surface area contributed by atoms with Crippen molar-refractivity contribution >= 4 is 41.7 Å². The summed E-state index contributed by atoms with van der Waals surface area (Å²) in [6, 6.07) is 10.8. The SMILES string of the molecule is CC[C@@H](/C=N/NC(N)=O)NC(=O)[C@@H]1Cc2cccc3c2N1C(=O)[C@@H](NC(=O)[C@H](CC)NC(=O)OCc1ccccc1)CC3. The molecule has 2 heterocycles. The maximum absolute atomic E-state index is 13.9. The van der Waals surface area contributed by atoms with E-state index < -0.39 is 54.0 Å². The van der Waals surface area contributed by atoms with Gasteiger partial charge in [-0.3, -0.25) is 19.3 Å². The second-order valence-electron chi connectivity index (χ2n) is 10.4. The van der Waals surface area contributed by atoms with Gasteiger partial charge in [-0.15, -0.1) is 0 Å². The van der Waals surface area contributed by atoms with Crippen molar-refractivity contribution in [1.82, 2.24) is 21.4 Å². The number of nitrogens with zero attached hydrogens (tertiary/aromatic N) is 2. The number of carbonyl (C=O) groups is 5. The van der Waals surface area contributed by atoms with Crippen LogP contribution in [0.4, 0.5) is 15.3 Å². The summed E-state index contributed by atoms with van der Waals surface area (Å²) in [4.78, 5) is 65.5. The fourth-order valence-electron chi connectivity index (χ4n) is 5.22. The number of urea groups is 1. The molecule has 0 radical (unpaired) electrons. The van der Waals surface area contributed by atoms with E-state index in [2.05, 4.69) is 26.5 Å². The van der Waals surface area contributed by atoms with Gasteiger partial charge in [-0.1, -0.05) is 62.4 Å². The third-order valence-electron chi connectivity index (χ3n) is 7.45. The number of nitrogens with one attached hydrogen (secondary N) is 4. The first-order valence-electron chi connectivity index (χ1n) is 14.3. The molecule has 0 unspecified atom stereocenters. The van der Waals surface area contributed by atoms with E-state index >= 15 is 0 Å². The maximum Gasteiger partial charge on any atom is 0.408 e. The summed E-state index contributed by atoms with van der Waals surface area (Å²) in [5.41, 5.74) is 10.4. The Balaban J connectivity index is 1.45. The van der Waals surface area contributed by atoms with E-state index in [9.17, 15) is 24.0 Å². The minimum absolute atomic E-state index is 0.0528. The fraction of sp³-hybridized carbons (Fsp3) is 0.400. The molecule has 2 aromatic carbocycles. The molecule has 0 fully saturated rings. The Hall–Kier alpha value is -4.94. The van der Waals surface area contributed by atoms with Crippen LogP contribution in [0, 0.1) is 0 Å². The predicted octanol–water partition coefficient (Wildman–Crippen LogP) is 1.63. The average Bonchev–Trinajstić information content (AvgIpc) is 3.34. The number of nitrogens with two attached hydrogens (primary N) is 1. The molecule has 0 saturated heterocycles. The number of anilines is 1. The van der Waals surface area contributed by atoms with E-state index in [-0.39, 0.29) is 13.0 Å². The van der Waals surface area contributed by atoms with Gasteiger partial charge in [0.05, 0.1) is 11.7 Å². The lowest BCUT2D eigenvalue weighted by atomic mass is 10.0. The Morgan fingerprint density at radius 3 is 2.49 bits per heavy atom. The maximum atomic E-state index is 13.9. The molecule has 0 bridgehead atoms. The molecule has 6 amide bonds. The largest absolute Gasteiger partial charge is 0.445 e.